The molecule has 0 bridgehead atoms. The molecular weight excluding hydrogens is 378 g/mol. The summed E-state index contributed by atoms with van der Waals surface area (Å²) < 4.78 is 38.2. The lowest BCUT2D eigenvalue weighted by Gasteiger charge is -2.14. The third-order valence-electron chi connectivity index (χ3n) is 3.61. The van der Waals surface area contributed by atoms with Crippen molar-refractivity contribution in [3.05, 3.63) is 81.4 Å². The first-order valence-electron chi connectivity index (χ1n) is 7.94. The van der Waals surface area contributed by atoms with E-state index in [1.54, 1.807) is 30.3 Å². The number of halogens is 3. The zero-order chi connectivity index (χ0) is 19.4. The largest absolute Gasteiger partial charge is 0.474 e. The molecule has 27 heavy (non-hydrogen) atoms. The van der Waals surface area contributed by atoms with Gasteiger partial charge < -0.3 is 9.47 Å². The van der Waals surface area contributed by atoms with Crippen LogP contribution in [0.3, 0.4) is 0 Å². The summed E-state index contributed by atoms with van der Waals surface area (Å²) in [4.78, 5) is 17.1. The van der Waals surface area contributed by atoms with Gasteiger partial charge in [-0.05, 0) is 35.9 Å². The minimum Gasteiger partial charge on any atom is -0.474 e. The van der Waals surface area contributed by atoms with Crippen molar-refractivity contribution < 1.29 is 18.3 Å². The minimum absolute atomic E-state index is 0.0171. The van der Waals surface area contributed by atoms with Gasteiger partial charge in [0.15, 0.2) is 5.88 Å². The van der Waals surface area contributed by atoms with E-state index in [0.29, 0.717) is 11.6 Å². The van der Waals surface area contributed by atoms with Gasteiger partial charge >= 0.3 is 5.69 Å². The summed E-state index contributed by atoms with van der Waals surface area (Å²) in [5, 5.41) is -0.0171. The molecule has 0 saturated heterocycles. The average molecular weight is 393 g/mol. The highest BCUT2D eigenvalue weighted by atomic mass is 35.5. The Morgan fingerprint density at radius 2 is 1.81 bits per heavy atom. The molecule has 0 atom stereocenters. The first-order valence-corrected chi connectivity index (χ1v) is 8.32. The van der Waals surface area contributed by atoms with Crippen LogP contribution >= 0.6 is 11.6 Å². The van der Waals surface area contributed by atoms with Crippen LogP contribution in [0.5, 0.6) is 17.4 Å². The number of benzene rings is 2. The molecule has 2 aromatic carbocycles. The van der Waals surface area contributed by atoms with Crippen LogP contribution in [0.4, 0.5) is 8.78 Å². The number of nitrogens with one attached hydrogen (secondary N) is 1. The Balaban J connectivity index is 1.66. The summed E-state index contributed by atoms with van der Waals surface area (Å²) >= 11 is 5.82. The summed E-state index contributed by atoms with van der Waals surface area (Å²) in [5.41, 5.74) is 0.0474. The van der Waals surface area contributed by atoms with Crippen molar-refractivity contribution in [2.75, 3.05) is 0 Å². The number of ether oxygens (including phenoxy) is 2. The smallest absolute Gasteiger partial charge is 0.347 e. The molecule has 0 aliphatic rings. The van der Waals surface area contributed by atoms with Gasteiger partial charge in [0.1, 0.15) is 18.1 Å². The van der Waals surface area contributed by atoms with Crippen molar-refractivity contribution in [3.63, 3.8) is 0 Å². The van der Waals surface area contributed by atoms with Crippen LogP contribution in [0, 0.1) is 0 Å². The lowest BCUT2D eigenvalue weighted by molar-refractivity contribution is 0.0174. The Hall–Kier alpha value is -2.93. The van der Waals surface area contributed by atoms with Crippen molar-refractivity contribution in [2.45, 2.75) is 19.5 Å². The Morgan fingerprint density at radius 3 is 2.48 bits per heavy atom. The number of aromatic amines is 1. The highest BCUT2D eigenvalue weighted by molar-refractivity contribution is 6.31. The molecular formula is C19H15ClF2N2O3. The zero-order valence-electron chi connectivity index (χ0n) is 14.2. The van der Waals surface area contributed by atoms with E-state index >= 15 is 0 Å². The Kier molecular flexibility index (Phi) is 5.41. The molecule has 140 valence electrons. The highest BCUT2D eigenvalue weighted by Crippen LogP contribution is 2.36. The molecule has 5 nitrogen and oxygen atoms in total. The number of alkyl halides is 2. The van der Waals surface area contributed by atoms with Gasteiger partial charge in [-0.15, -0.1) is 0 Å². The van der Waals surface area contributed by atoms with Crippen LogP contribution in [0.15, 0.2) is 59.5 Å². The second-order valence-corrected chi connectivity index (χ2v) is 6.21. The van der Waals surface area contributed by atoms with E-state index in [1.807, 2.05) is 0 Å². The van der Waals surface area contributed by atoms with E-state index in [-0.39, 0.29) is 22.9 Å². The van der Waals surface area contributed by atoms with Gasteiger partial charge in [0.05, 0.1) is 0 Å². The Labute approximate surface area is 158 Å². The van der Waals surface area contributed by atoms with Gasteiger partial charge in [0, 0.05) is 29.8 Å². The molecule has 0 fully saturated rings. The molecule has 1 N–H and O–H groups in total. The van der Waals surface area contributed by atoms with Gasteiger partial charge in [-0.1, -0.05) is 23.7 Å². The van der Waals surface area contributed by atoms with Crippen molar-refractivity contribution in [3.8, 4) is 17.4 Å². The maximum Gasteiger partial charge on any atom is 0.347 e. The second kappa shape index (κ2) is 7.75. The molecule has 0 aliphatic carbocycles. The second-order valence-electron chi connectivity index (χ2n) is 5.80. The van der Waals surface area contributed by atoms with Gasteiger partial charge in [0.25, 0.3) is 5.92 Å². The third-order valence-corrected chi connectivity index (χ3v) is 3.94. The fraction of sp³-hybridized carbons (Fsp3) is 0.158. The number of rotatable bonds is 6. The summed E-state index contributed by atoms with van der Waals surface area (Å²) in [7, 11) is 0. The van der Waals surface area contributed by atoms with Crippen LogP contribution in [0.25, 0.3) is 0 Å². The predicted molar refractivity (Wildman–Crippen MR) is 96.7 cm³/mol. The molecule has 1 aromatic heterocycles. The van der Waals surface area contributed by atoms with Crippen LogP contribution < -0.4 is 15.2 Å². The van der Waals surface area contributed by atoms with E-state index in [0.717, 1.165) is 12.5 Å². The number of hydrogen-bond acceptors (Lipinski definition) is 4. The quantitative estimate of drug-likeness (QED) is 0.647. The summed E-state index contributed by atoms with van der Waals surface area (Å²) in [6.45, 7) is 1.01. The standard InChI is InChI=1S/C19H15ClF2N2O3/c1-19(21,22)15-10-14(6-7-16(15)20)27-13-4-2-12(3-5-13)11-26-17-8-9-23-18(25)24-17/h2-10H,11H2,1H3,(H,23,24,25). The summed E-state index contributed by atoms with van der Waals surface area (Å²) in [5.74, 6) is -2.02. The monoisotopic (exact) mass is 392 g/mol. The van der Waals surface area contributed by atoms with Crippen molar-refractivity contribution in [1.82, 2.24) is 9.97 Å². The minimum atomic E-state index is -3.06. The molecule has 0 saturated carbocycles. The van der Waals surface area contributed by atoms with E-state index in [9.17, 15) is 13.6 Å². The third kappa shape index (κ3) is 5.04. The van der Waals surface area contributed by atoms with Crippen LogP contribution in [0.1, 0.15) is 18.1 Å². The maximum atomic E-state index is 13.6. The number of aromatic nitrogens is 2. The molecule has 3 rings (SSSR count). The predicted octanol–water partition coefficient (Wildman–Crippen LogP) is 4.91. The molecule has 1 heterocycles. The first kappa shape index (κ1) is 18.8. The Morgan fingerprint density at radius 1 is 1.11 bits per heavy atom. The van der Waals surface area contributed by atoms with E-state index < -0.39 is 11.6 Å². The van der Waals surface area contributed by atoms with Gasteiger partial charge in [-0.25, -0.2) is 18.6 Å². The molecule has 0 unspecified atom stereocenters. The fourth-order valence-corrected chi connectivity index (χ4v) is 2.57. The molecule has 0 amide bonds. The van der Waals surface area contributed by atoms with Gasteiger partial charge in [-0.3, -0.25) is 4.98 Å². The number of nitrogens with zero attached hydrogens (tertiary/aromatic N) is 1. The van der Waals surface area contributed by atoms with Crippen LogP contribution in [-0.2, 0) is 12.5 Å². The van der Waals surface area contributed by atoms with Crippen molar-refractivity contribution in [1.29, 1.82) is 0 Å². The van der Waals surface area contributed by atoms with Gasteiger partial charge in [0.2, 0.25) is 0 Å². The van der Waals surface area contributed by atoms with Crippen molar-refractivity contribution >= 4 is 11.6 Å². The molecule has 3 aromatic rings. The molecule has 0 spiro atoms. The molecule has 8 heteroatoms. The van der Waals surface area contributed by atoms with E-state index in [4.69, 9.17) is 21.1 Å². The topological polar surface area (TPSA) is 64.2 Å². The maximum absolute atomic E-state index is 13.6. The lowest BCUT2D eigenvalue weighted by Crippen LogP contribution is -2.10. The molecule has 0 aliphatic heterocycles. The Bertz CT molecular complexity index is 985. The SMILES string of the molecule is CC(F)(F)c1cc(Oc2ccc(COc3ccnc(=O)[nH]3)cc2)ccc1Cl. The van der Waals surface area contributed by atoms with E-state index in [1.165, 1.54) is 24.4 Å². The van der Waals surface area contributed by atoms with Gasteiger partial charge in [-0.2, -0.15) is 0 Å². The van der Waals surface area contributed by atoms with E-state index in [2.05, 4.69) is 9.97 Å². The average Bonchev–Trinajstić information content (AvgIpc) is 2.62. The fourth-order valence-electron chi connectivity index (χ4n) is 2.29. The number of H-pyrrole nitrogens is 1. The van der Waals surface area contributed by atoms with Crippen molar-refractivity contribution in [2.24, 2.45) is 0 Å². The number of hydrogen-bond donors (Lipinski definition) is 1. The summed E-state index contributed by atoms with van der Waals surface area (Å²) in [6.07, 6.45) is 1.35. The summed E-state index contributed by atoms with van der Waals surface area (Å²) in [6, 6.07) is 12.6. The highest BCUT2D eigenvalue weighted by Gasteiger charge is 2.27. The normalized spacial score (nSPS) is 11.3. The zero-order valence-corrected chi connectivity index (χ0v) is 15.0. The van der Waals surface area contributed by atoms with Crippen LogP contribution in [0.2, 0.25) is 5.02 Å². The van der Waals surface area contributed by atoms with Crippen LogP contribution in [-0.4, -0.2) is 9.97 Å². The lowest BCUT2D eigenvalue weighted by atomic mass is 10.1. The molecule has 0 radical (unpaired) electrons. The first-order chi connectivity index (χ1) is 12.8.